The lowest BCUT2D eigenvalue weighted by Gasteiger charge is -2.31. The van der Waals surface area contributed by atoms with E-state index in [-0.39, 0.29) is 17.8 Å². The molecule has 0 aromatic heterocycles. The molecule has 0 N–H and O–H groups in total. The SMILES string of the molecule is CCc1ccccc1C(=O)N1CCC[C@H](C(=O)OC)C1. The molecule has 1 fully saturated rings. The van der Waals surface area contributed by atoms with Gasteiger partial charge in [-0.05, 0) is 30.9 Å². The number of benzene rings is 1. The maximum atomic E-state index is 12.6. The first-order valence-electron chi connectivity index (χ1n) is 7.12. The number of aryl methyl sites for hydroxylation is 1. The summed E-state index contributed by atoms with van der Waals surface area (Å²) in [5.41, 5.74) is 1.80. The number of methoxy groups -OCH3 is 1. The van der Waals surface area contributed by atoms with E-state index in [2.05, 4.69) is 0 Å². The molecule has 4 heteroatoms. The Balaban J connectivity index is 2.14. The fourth-order valence-electron chi connectivity index (χ4n) is 2.73. The van der Waals surface area contributed by atoms with Crippen molar-refractivity contribution in [1.29, 1.82) is 0 Å². The van der Waals surface area contributed by atoms with E-state index in [9.17, 15) is 9.59 Å². The van der Waals surface area contributed by atoms with Gasteiger partial charge in [0.15, 0.2) is 0 Å². The highest BCUT2D eigenvalue weighted by atomic mass is 16.5. The van der Waals surface area contributed by atoms with Crippen molar-refractivity contribution in [2.45, 2.75) is 26.2 Å². The Labute approximate surface area is 119 Å². The molecule has 0 radical (unpaired) electrons. The second kappa shape index (κ2) is 6.55. The van der Waals surface area contributed by atoms with Gasteiger partial charge in [-0.1, -0.05) is 25.1 Å². The van der Waals surface area contributed by atoms with Gasteiger partial charge >= 0.3 is 5.97 Å². The summed E-state index contributed by atoms with van der Waals surface area (Å²) in [6.45, 7) is 3.22. The Kier molecular flexibility index (Phi) is 4.77. The third kappa shape index (κ3) is 3.00. The smallest absolute Gasteiger partial charge is 0.310 e. The molecule has 1 heterocycles. The molecule has 0 spiro atoms. The average molecular weight is 275 g/mol. The highest BCUT2D eigenvalue weighted by molar-refractivity contribution is 5.96. The molecule has 0 aliphatic carbocycles. The third-order valence-electron chi connectivity index (χ3n) is 3.87. The molecule has 0 bridgehead atoms. The summed E-state index contributed by atoms with van der Waals surface area (Å²) in [5.74, 6) is -0.381. The third-order valence-corrected chi connectivity index (χ3v) is 3.87. The average Bonchev–Trinajstić information content (AvgIpc) is 2.53. The Bertz CT molecular complexity index is 498. The maximum Gasteiger partial charge on any atom is 0.310 e. The number of likely N-dealkylation sites (tertiary alicyclic amines) is 1. The van der Waals surface area contributed by atoms with Crippen LogP contribution in [-0.2, 0) is 16.0 Å². The number of rotatable bonds is 3. The number of carbonyl (C=O) groups excluding carboxylic acids is 2. The molecule has 2 rings (SSSR count). The van der Waals surface area contributed by atoms with E-state index in [1.54, 1.807) is 4.90 Å². The van der Waals surface area contributed by atoms with E-state index in [4.69, 9.17) is 4.74 Å². The number of piperidine rings is 1. The van der Waals surface area contributed by atoms with Crippen molar-refractivity contribution in [2.24, 2.45) is 5.92 Å². The van der Waals surface area contributed by atoms with Gasteiger partial charge in [0, 0.05) is 18.7 Å². The van der Waals surface area contributed by atoms with Crippen molar-refractivity contribution in [2.75, 3.05) is 20.2 Å². The predicted molar refractivity (Wildman–Crippen MR) is 76.5 cm³/mol. The van der Waals surface area contributed by atoms with Gasteiger partial charge in [-0.15, -0.1) is 0 Å². The van der Waals surface area contributed by atoms with E-state index in [1.165, 1.54) is 7.11 Å². The van der Waals surface area contributed by atoms with Gasteiger partial charge in [0.2, 0.25) is 0 Å². The zero-order valence-corrected chi connectivity index (χ0v) is 12.1. The number of carbonyl (C=O) groups is 2. The van der Waals surface area contributed by atoms with Gasteiger partial charge in [0.25, 0.3) is 5.91 Å². The van der Waals surface area contributed by atoms with Crippen LogP contribution in [0.25, 0.3) is 0 Å². The van der Waals surface area contributed by atoms with Crippen LogP contribution in [0.3, 0.4) is 0 Å². The molecule has 0 unspecified atom stereocenters. The molecule has 1 aliphatic heterocycles. The van der Waals surface area contributed by atoms with Crippen LogP contribution < -0.4 is 0 Å². The lowest BCUT2D eigenvalue weighted by Crippen LogP contribution is -2.42. The molecule has 1 aliphatic rings. The molecule has 1 saturated heterocycles. The van der Waals surface area contributed by atoms with Crippen LogP contribution >= 0.6 is 0 Å². The Morgan fingerprint density at radius 3 is 2.80 bits per heavy atom. The zero-order valence-electron chi connectivity index (χ0n) is 12.1. The molecule has 1 aromatic carbocycles. The van der Waals surface area contributed by atoms with Crippen molar-refractivity contribution in [3.8, 4) is 0 Å². The summed E-state index contributed by atoms with van der Waals surface area (Å²) in [5, 5.41) is 0. The highest BCUT2D eigenvalue weighted by Crippen LogP contribution is 2.21. The monoisotopic (exact) mass is 275 g/mol. The summed E-state index contributed by atoms with van der Waals surface area (Å²) >= 11 is 0. The van der Waals surface area contributed by atoms with Crippen LogP contribution in [0.15, 0.2) is 24.3 Å². The summed E-state index contributed by atoms with van der Waals surface area (Å²) in [4.78, 5) is 26.0. The van der Waals surface area contributed by atoms with E-state index < -0.39 is 0 Å². The summed E-state index contributed by atoms with van der Waals surface area (Å²) in [6.07, 6.45) is 2.47. The zero-order chi connectivity index (χ0) is 14.5. The Hall–Kier alpha value is -1.84. The lowest BCUT2D eigenvalue weighted by atomic mass is 9.96. The van der Waals surface area contributed by atoms with E-state index in [0.717, 1.165) is 30.4 Å². The Morgan fingerprint density at radius 1 is 1.35 bits per heavy atom. The predicted octanol–water partition coefficient (Wildman–Crippen LogP) is 2.27. The molecule has 0 saturated carbocycles. The van der Waals surface area contributed by atoms with Gasteiger partial charge in [0.05, 0.1) is 13.0 Å². The number of amides is 1. The van der Waals surface area contributed by atoms with Crippen molar-refractivity contribution in [1.82, 2.24) is 4.90 Å². The minimum Gasteiger partial charge on any atom is -0.469 e. The van der Waals surface area contributed by atoms with Crippen molar-refractivity contribution in [3.63, 3.8) is 0 Å². The molecule has 1 amide bonds. The number of hydrogen-bond donors (Lipinski definition) is 0. The first kappa shape index (κ1) is 14.6. The number of ether oxygens (including phenoxy) is 1. The van der Waals surface area contributed by atoms with Crippen LogP contribution in [0.2, 0.25) is 0 Å². The van der Waals surface area contributed by atoms with E-state index >= 15 is 0 Å². The molecule has 1 atom stereocenters. The molecular formula is C16H21NO3. The fourth-order valence-corrected chi connectivity index (χ4v) is 2.73. The number of hydrogen-bond acceptors (Lipinski definition) is 3. The number of esters is 1. The molecule has 20 heavy (non-hydrogen) atoms. The first-order chi connectivity index (χ1) is 9.67. The van der Waals surface area contributed by atoms with E-state index in [1.807, 2.05) is 31.2 Å². The van der Waals surface area contributed by atoms with Gasteiger partial charge in [-0.2, -0.15) is 0 Å². The highest BCUT2D eigenvalue weighted by Gasteiger charge is 2.29. The first-order valence-corrected chi connectivity index (χ1v) is 7.12. The van der Waals surface area contributed by atoms with Crippen molar-refractivity contribution < 1.29 is 14.3 Å². The molecular weight excluding hydrogens is 254 g/mol. The number of nitrogens with zero attached hydrogens (tertiary/aromatic N) is 1. The normalized spacial score (nSPS) is 18.7. The standard InChI is InChI=1S/C16H21NO3/c1-3-12-7-4-5-9-14(12)15(18)17-10-6-8-13(11-17)16(19)20-2/h4-5,7,9,13H,3,6,8,10-11H2,1-2H3/t13-/m0/s1. The summed E-state index contributed by atoms with van der Waals surface area (Å²) < 4.78 is 4.79. The largest absolute Gasteiger partial charge is 0.469 e. The van der Waals surface area contributed by atoms with Crippen LogP contribution in [-0.4, -0.2) is 37.0 Å². The van der Waals surface area contributed by atoms with E-state index in [0.29, 0.717) is 13.1 Å². The van der Waals surface area contributed by atoms with Gasteiger partial charge in [0.1, 0.15) is 0 Å². The minimum atomic E-state index is -0.216. The van der Waals surface area contributed by atoms with Crippen LogP contribution in [0.5, 0.6) is 0 Å². The fraction of sp³-hybridized carbons (Fsp3) is 0.500. The van der Waals surface area contributed by atoms with Gasteiger partial charge < -0.3 is 9.64 Å². The lowest BCUT2D eigenvalue weighted by molar-refractivity contribution is -0.146. The minimum absolute atomic E-state index is 0.0241. The van der Waals surface area contributed by atoms with Crippen LogP contribution in [0, 0.1) is 5.92 Å². The molecule has 1 aromatic rings. The van der Waals surface area contributed by atoms with Gasteiger partial charge in [-0.3, -0.25) is 9.59 Å². The quantitative estimate of drug-likeness (QED) is 0.795. The second-order valence-corrected chi connectivity index (χ2v) is 5.12. The molecule has 4 nitrogen and oxygen atoms in total. The van der Waals surface area contributed by atoms with Crippen LogP contribution in [0.4, 0.5) is 0 Å². The van der Waals surface area contributed by atoms with Crippen molar-refractivity contribution >= 4 is 11.9 Å². The summed E-state index contributed by atoms with van der Waals surface area (Å²) in [6, 6.07) is 7.68. The van der Waals surface area contributed by atoms with Crippen molar-refractivity contribution in [3.05, 3.63) is 35.4 Å². The topological polar surface area (TPSA) is 46.6 Å². The second-order valence-electron chi connectivity index (χ2n) is 5.12. The maximum absolute atomic E-state index is 12.6. The summed E-state index contributed by atoms with van der Waals surface area (Å²) in [7, 11) is 1.40. The molecule has 108 valence electrons. The Morgan fingerprint density at radius 2 is 2.10 bits per heavy atom. The van der Waals surface area contributed by atoms with Crippen LogP contribution in [0.1, 0.15) is 35.7 Å². The van der Waals surface area contributed by atoms with Gasteiger partial charge in [-0.25, -0.2) is 0 Å².